The van der Waals surface area contributed by atoms with E-state index in [0.717, 1.165) is 5.56 Å². The van der Waals surface area contributed by atoms with Crippen LogP contribution in [0.25, 0.3) is 32.3 Å². The molecule has 0 spiro atoms. The zero-order valence-electron chi connectivity index (χ0n) is 11.6. The van der Waals surface area contributed by atoms with Gasteiger partial charge in [0.15, 0.2) is 0 Å². The van der Waals surface area contributed by atoms with E-state index in [1.54, 1.807) is 0 Å². The molecule has 0 aliphatic rings. The lowest BCUT2D eigenvalue weighted by Crippen LogP contribution is -1.83. The molecule has 0 atom stereocenters. The van der Waals surface area contributed by atoms with Gasteiger partial charge in [-0.15, -0.1) is 0 Å². The second-order valence-electron chi connectivity index (χ2n) is 4.97. The third-order valence-corrected chi connectivity index (χ3v) is 3.81. The highest BCUT2D eigenvalue weighted by molar-refractivity contribution is 6.25. The molecular weight excluding hydrogens is 228 g/mol. The van der Waals surface area contributed by atoms with Gasteiger partial charge >= 0.3 is 0 Å². The van der Waals surface area contributed by atoms with E-state index in [1.165, 1.54) is 32.3 Å². The van der Waals surface area contributed by atoms with Crippen LogP contribution in [0.15, 0.2) is 66.7 Å². The molecule has 0 nitrogen and oxygen atoms in total. The van der Waals surface area contributed by atoms with E-state index >= 15 is 0 Å². The summed E-state index contributed by atoms with van der Waals surface area (Å²) in [7, 11) is 0. The molecule has 19 heavy (non-hydrogen) atoms. The van der Waals surface area contributed by atoms with Crippen LogP contribution in [0.3, 0.4) is 0 Å². The van der Waals surface area contributed by atoms with E-state index in [0.29, 0.717) is 6.90 Å². The summed E-state index contributed by atoms with van der Waals surface area (Å²) in [4.78, 5) is 0. The van der Waals surface area contributed by atoms with Gasteiger partial charge in [0.1, 0.15) is 0 Å². The normalized spacial score (nSPS) is 12.1. The van der Waals surface area contributed by atoms with Crippen LogP contribution in [-0.4, -0.2) is 0 Å². The van der Waals surface area contributed by atoms with Crippen molar-refractivity contribution in [2.75, 3.05) is 0 Å². The summed E-state index contributed by atoms with van der Waals surface area (Å²) in [5.74, 6) is 0. The molecule has 4 rings (SSSR count). The highest BCUT2D eigenvalue weighted by Crippen LogP contribution is 2.34. The Kier molecular flexibility index (Phi) is 1.93. The van der Waals surface area contributed by atoms with Crippen molar-refractivity contribution >= 4 is 32.3 Å². The second kappa shape index (κ2) is 3.83. The van der Waals surface area contributed by atoms with Crippen LogP contribution in [0, 0.1) is 6.90 Å². The minimum Gasteiger partial charge on any atom is -0.0616 e. The molecule has 0 heteroatoms. The maximum atomic E-state index is 7.59. The lowest BCUT2D eigenvalue weighted by atomic mass is 9.93. The fraction of sp³-hybridized carbons (Fsp3) is 0.0526. The Bertz CT molecular complexity index is 903. The first-order valence-electron chi connectivity index (χ1n) is 7.20. The molecule has 90 valence electrons. The average Bonchev–Trinajstić information content (AvgIpc) is 2.54. The van der Waals surface area contributed by atoms with Gasteiger partial charge in [-0.2, -0.15) is 0 Å². The fourth-order valence-corrected chi connectivity index (χ4v) is 2.95. The summed E-state index contributed by atoms with van der Waals surface area (Å²) in [5.41, 5.74) is 1.07. The van der Waals surface area contributed by atoms with Crippen LogP contribution in [-0.2, 0) is 0 Å². The molecule has 4 aromatic rings. The molecule has 0 bridgehead atoms. The van der Waals surface area contributed by atoms with E-state index in [-0.39, 0.29) is 0 Å². The smallest absolute Gasteiger partial charge is 0.0280 e. The van der Waals surface area contributed by atoms with Crippen molar-refractivity contribution in [2.24, 2.45) is 0 Å². The molecule has 0 aromatic heterocycles. The lowest BCUT2D eigenvalue weighted by molar-refractivity contribution is 1.51. The number of aryl methyl sites for hydroxylation is 1. The maximum absolute atomic E-state index is 7.59. The van der Waals surface area contributed by atoms with Crippen molar-refractivity contribution in [3.8, 4) is 0 Å². The number of fused-ring (bicyclic) bond motifs is 6. The number of benzene rings is 4. The SMILES string of the molecule is [2H]Cc1ccc2c3ccccc3c3ccccc3c2c1. The fourth-order valence-electron chi connectivity index (χ4n) is 2.95. The van der Waals surface area contributed by atoms with Crippen molar-refractivity contribution in [2.45, 2.75) is 6.90 Å². The van der Waals surface area contributed by atoms with E-state index < -0.39 is 0 Å². The third-order valence-electron chi connectivity index (χ3n) is 3.81. The van der Waals surface area contributed by atoms with Gasteiger partial charge in [-0.3, -0.25) is 0 Å². The molecule has 0 radical (unpaired) electrons. The van der Waals surface area contributed by atoms with E-state index in [9.17, 15) is 0 Å². The Balaban J connectivity index is 2.35. The van der Waals surface area contributed by atoms with Crippen LogP contribution in [0.2, 0.25) is 0 Å². The van der Waals surface area contributed by atoms with Gasteiger partial charge in [0.05, 0.1) is 0 Å². The van der Waals surface area contributed by atoms with Gasteiger partial charge < -0.3 is 0 Å². The average molecular weight is 243 g/mol. The first-order valence-corrected chi connectivity index (χ1v) is 6.50. The predicted molar refractivity (Wildman–Crippen MR) is 83.7 cm³/mol. The molecular formula is C19H14. The Morgan fingerprint density at radius 1 is 0.579 bits per heavy atom. The van der Waals surface area contributed by atoms with E-state index in [4.69, 9.17) is 1.37 Å². The van der Waals surface area contributed by atoms with Crippen LogP contribution in [0.4, 0.5) is 0 Å². The van der Waals surface area contributed by atoms with Crippen molar-refractivity contribution < 1.29 is 1.37 Å². The minimum absolute atomic E-state index is 0.330. The summed E-state index contributed by atoms with van der Waals surface area (Å²) in [6.07, 6.45) is 0. The van der Waals surface area contributed by atoms with E-state index in [1.807, 2.05) is 0 Å². The van der Waals surface area contributed by atoms with Crippen LogP contribution < -0.4 is 0 Å². The quantitative estimate of drug-likeness (QED) is 0.360. The third kappa shape index (κ3) is 1.47. The molecule has 0 fully saturated rings. The van der Waals surface area contributed by atoms with Gasteiger partial charge in [0.25, 0.3) is 0 Å². The van der Waals surface area contributed by atoms with Gasteiger partial charge in [0, 0.05) is 1.37 Å². The molecule has 0 saturated heterocycles. The summed E-state index contributed by atoms with van der Waals surface area (Å²) in [6, 6.07) is 23.5. The molecule has 0 amide bonds. The van der Waals surface area contributed by atoms with E-state index in [2.05, 4.69) is 66.7 Å². The van der Waals surface area contributed by atoms with Gasteiger partial charge in [-0.1, -0.05) is 72.3 Å². The lowest BCUT2D eigenvalue weighted by Gasteiger charge is -2.10. The molecule has 0 heterocycles. The highest BCUT2D eigenvalue weighted by Gasteiger charge is 2.07. The second-order valence-corrected chi connectivity index (χ2v) is 4.97. The summed E-state index contributed by atoms with van der Waals surface area (Å²) < 4.78 is 7.59. The maximum Gasteiger partial charge on any atom is 0.0280 e. The van der Waals surface area contributed by atoms with Crippen molar-refractivity contribution in [1.29, 1.82) is 0 Å². The van der Waals surface area contributed by atoms with Crippen molar-refractivity contribution in [1.82, 2.24) is 0 Å². The van der Waals surface area contributed by atoms with Crippen molar-refractivity contribution in [3.05, 3.63) is 72.3 Å². The number of hydrogen-bond acceptors (Lipinski definition) is 0. The standard InChI is InChI=1S/C19H14/c1-13-10-11-18-16-8-3-2-6-14(16)15-7-4-5-9-17(15)19(18)12-13/h2-12H,1H3/i1D. The largest absolute Gasteiger partial charge is 0.0616 e. The molecule has 0 saturated carbocycles. The number of rotatable bonds is 0. The monoisotopic (exact) mass is 243 g/mol. The molecule has 0 aliphatic carbocycles. The minimum atomic E-state index is 0.330. The summed E-state index contributed by atoms with van der Waals surface area (Å²) in [6.45, 7) is 0.330. The first-order chi connectivity index (χ1) is 9.88. The van der Waals surface area contributed by atoms with Crippen molar-refractivity contribution in [3.63, 3.8) is 0 Å². The molecule has 0 N–H and O–H groups in total. The van der Waals surface area contributed by atoms with Crippen LogP contribution in [0.1, 0.15) is 6.93 Å². The number of hydrogen-bond donors (Lipinski definition) is 0. The zero-order valence-corrected chi connectivity index (χ0v) is 10.6. The topological polar surface area (TPSA) is 0 Å². The molecule has 0 unspecified atom stereocenters. The van der Waals surface area contributed by atoms with Gasteiger partial charge in [-0.05, 0) is 39.2 Å². The first kappa shape index (κ1) is 9.57. The van der Waals surface area contributed by atoms with Crippen LogP contribution >= 0.6 is 0 Å². The molecule has 4 aromatic carbocycles. The summed E-state index contributed by atoms with van der Waals surface area (Å²) in [5, 5.41) is 7.68. The Morgan fingerprint density at radius 2 is 1.05 bits per heavy atom. The Morgan fingerprint density at radius 3 is 1.58 bits per heavy atom. The van der Waals surface area contributed by atoms with Gasteiger partial charge in [0.2, 0.25) is 0 Å². The zero-order chi connectivity index (χ0) is 13.5. The molecule has 0 aliphatic heterocycles. The van der Waals surface area contributed by atoms with Crippen LogP contribution in [0.5, 0.6) is 0 Å². The van der Waals surface area contributed by atoms with Gasteiger partial charge in [-0.25, -0.2) is 0 Å². The Labute approximate surface area is 113 Å². The summed E-state index contributed by atoms with van der Waals surface area (Å²) >= 11 is 0. The Hall–Kier alpha value is -2.34. The highest BCUT2D eigenvalue weighted by atomic mass is 14.1. The predicted octanol–water partition coefficient (Wildman–Crippen LogP) is 5.45.